The van der Waals surface area contributed by atoms with Gasteiger partial charge in [0.15, 0.2) is 0 Å². The van der Waals surface area contributed by atoms with Crippen molar-refractivity contribution in [1.29, 1.82) is 0 Å². The van der Waals surface area contributed by atoms with Crippen LogP contribution < -0.4 is 0 Å². The van der Waals surface area contributed by atoms with Crippen LogP contribution in [-0.4, -0.2) is 19.3 Å². The second kappa shape index (κ2) is 5.93. The fraction of sp³-hybridized carbons (Fsp3) is 0.250. The van der Waals surface area contributed by atoms with Crippen molar-refractivity contribution in [1.82, 2.24) is 19.3 Å². The van der Waals surface area contributed by atoms with E-state index in [4.69, 9.17) is 0 Å². The maximum Gasteiger partial charge on any atom is 0.0696 e. The highest BCUT2D eigenvalue weighted by Crippen LogP contribution is 2.35. The van der Waals surface area contributed by atoms with Crippen molar-refractivity contribution in [2.24, 2.45) is 0 Å². The van der Waals surface area contributed by atoms with Gasteiger partial charge in [0.05, 0.1) is 11.4 Å². The molecule has 0 aliphatic carbocycles. The number of hydrogen-bond donors (Lipinski definition) is 0. The molecular weight excluding hydrogens is 344 g/mol. The van der Waals surface area contributed by atoms with Crippen LogP contribution >= 0.6 is 0 Å². The van der Waals surface area contributed by atoms with Crippen LogP contribution in [0.4, 0.5) is 0 Å². The molecule has 4 heteroatoms. The summed E-state index contributed by atoms with van der Waals surface area (Å²) in [5.41, 5.74) is 8.20. The molecule has 0 fully saturated rings. The first-order valence-electron chi connectivity index (χ1n) is 9.85. The van der Waals surface area contributed by atoms with Gasteiger partial charge >= 0.3 is 0 Å². The van der Waals surface area contributed by atoms with Crippen LogP contribution in [-0.2, 0) is 6.54 Å². The lowest BCUT2D eigenvalue weighted by molar-refractivity contribution is 0.827. The average Bonchev–Trinajstić information content (AvgIpc) is 3.16. The summed E-state index contributed by atoms with van der Waals surface area (Å²) in [6.45, 7) is 11.6. The molecule has 0 aliphatic heterocycles. The van der Waals surface area contributed by atoms with Gasteiger partial charge in [0.25, 0.3) is 0 Å². The Kier molecular flexibility index (Phi) is 3.60. The molecule has 5 aromatic rings. The zero-order valence-corrected chi connectivity index (χ0v) is 17.0. The van der Waals surface area contributed by atoms with Gasteiger partial charge in [-0.2, -0.15) is 10.2 Å². The predicted octanol–water partition coefficient (Wildman–Crippen LogP) is 5.78. The van der Waals surface area contributed by atoms with Crippen molar-refractivity contribution in [3.05, 3.63) is 65.2 Å². The third-order valence-corrected chi connectivity index (χ3v) is 6.05. The van der Waals surface area contributed by atoms with E-state index in [9.17, 15) is 0 Å². The second-order valence-electron chi connectivity index (χ2n) is 7.59. The zero-order chi connectivity index (χ0) is 19.6. The molecule has 2 aromatic carbocycles. The van der Waals surface area contributed by atoms with Gasteiger partial charge in [-0.05, 0) is 58.9 Å². The summed E-state index contributed by atoms with van der Waals surface area (Å²) in [5.74, 6) is 0. The number of nitrogens with zero attached hydrogens (tertiary/aromatic N) is 4. The summed E-state index contributed by atoms with van der Waals surface area (Å²) >= 11 is 0. The van der Waals surface area contributed by atoms with Crippen LogP contribution in [0.5, 0.6) is 0 Å². The highest BCUT2D eigenvalue weighted by Gasteiger charge is 2.18. The molecule has 140 valence electrons. The van der Waals surface area contributed by atoms with Crippen LogP contribution in [0, 0.1) is 27.7 Å². The highest BCUT2D eigenvalue weighted by atomic mass is 15.1. The summed E-state index contributed by atoms with van der Waals surface area (Å²) in [4.78, 5) is 0. The molecule has 28 heavy (non-hydrogen) atoms. The molecule has 0 aliphatic rings. The molecular formula is C24H24N4. The van der Waals surface area contributed by atoms with Crippen molar-refractivity contribution in [2.45, 2.75) is 41.2 Å². The fourth-order valence-corrected chi connectivity index (χ4v) is 4.88. The molecule has 4 nitrogen and oxygen atoms in total. The minimum atomic E-state index is 0.963. The lowest BCUT2D eigenvalue weighted by atomic mass is 10.1. The first-order valence-corrected chi connectivity index (χ1v) is 9.85. The van der Waals surface area contributed by atoms with Gasteiger partial charge in [0.2, 0.25) is 0 Å². The molecule has 0 atom stereocenters. The number of aryl methyl sites for hydroxylation is 5. The Morgan fingerprint density at radius 1 is 0.750 bits per heavy atom. The van der Waals surface area contributed by atoms with E-state index in [2.05, 4.69) is 82.6 Å². The Labute approximate surface area is 164 Å². The SMILES string of the molecule is CCn1c2ccccc2c2cc(-n3c(C)c4c(C)nnc(C)c4c3C)ccc21. The van der Waals surface area contributed by atoms with E-state index in [0.717, 1.165) is 17.9 Å². The molecule has 0 saturated carbocycles. The summed E-state index contributed by atoms with van der Waals surface area (Å²) in [7, 11) is 0. The van der Waals surface area contributed by atoms with Crippen LogP contribution in [0.3, 0.4) is 0 Å². The third-order valence-electron chi connectivity index (χ3n) is 6.05. The Hall–Kier alpha value is -3.14. The van der Waals surface area contributed by atoms with Gasteiger partial charge in [0.1, 0.15) is 0 Å². The Morgan fingerprint density at radius 3 is 2.00 bits per heavy atom. The lowest BCUT2D eigenvalue weighted by Crippen LogP contribution is -1.99. The van der Waals surface area contributed by atoms with Crippen molar-refractivity contribution in [3.8, 4) is 5.69 Å². The quantitative estimate of drug-likeness (QED) is 0.396. The smallest absolute Gasteiger partial charge is 0.0696 e. The minimum Gasteiger partial charge on any atom is -0.341 e. The topological polar surface area (TPSA) is 35.6 Å². The van der Waals surface area contributed by atoms with E-state index >= 15 is 0 Å². The van der Waals surface area contributed by atoms with E-state index in [-0.39, 0.29) is 0 Å². The molecule has 0 radical (unpaired) electrons. The second-order valence-corrected chi connectivity index (χ2v) is 7.59. The highest BCUT2D eigenvalue weighted by molar-refractivity contribution is 6.08. The van der Waals surface area contributed by atoms with Gasteiger partial charge < -0.3 is 9.13 Å². The monoisotopic (exact) mass is 368 g/mol. The molecule has 0 saturated heterocycles. The molecule has 5 rings (SSSR count). The Bertz CT molecular complexity index is 1340. The van der Waals surface area contributed by atoms with E-state index in [1.54, 1.807) is 0 Å². The van der Waals surface area contributed by atoms with Gasteiger partial charge in [-0.25, -0.2) is 0 Å². The zero-order valence-electron chi connectivity index (χ0n) is 17.0. The van der Waals surface area contributed by atoms with Crippen LogP contribution in [0.15, 0.2) is 42.5 Å². The number of hydrogen-bond acceptors (Lipinski definition) is 2. The third kappa shape index (κ3) is 2.12. The van der Waals surface area contributed by atoms with Crippen LogP contribution in [0.1, 0.15) is 29.7 Å². The first kappa shape index (κ1) is 17.0. The minimum absolute atomic E-state index is 0.963. The average molecular weight is 368 g/mol. The Morgan fingerprint density at radius 2 is 1.36 bits per heavy atom. The van der Waals surface area contributed by atoms with E-state index in [1.807, 2.05) is 13.8 Å². The molecule has 0 N–H and O–H groups in total. The number of fused-ring (bicyclic) bond motifs is 4. The van der Waals surface area contributed by atoms with Gasteiger partial charge in [-0.1, -0.05) is 18.2 Å². The van der Waals surface area contributed by atoms with Crippen molar-refractivity contribution in [2.75, 3.05) is 0 Å². The summed E-state index contributed by atoms with van der Waals surface area (Å²) < 4.78 is 4.74. The standard InChI is InChI=1S/C24H24N4/c1-6-27-21-10-8-7-9-19(21)20-13-18(11-12-22(20)27)28-16(4)23-14(2)25-26-15(3)24(23)17(28)5/h7-13H,6H2,1-5H3. The van der Waals surface area contributed by atoms with Crippen molar-refractivity contribution >= 4 is 32.6 Å². The predicted molar refractivity (Wildman–Crippen MR) is 116 cm³/mol. The van der Waals surface area contributed by atoms with Crippen LogP contribution in [0.25, 0.3) is 38.3 Å². The normalized spacial score (nSPS) is 11.9. The molecule has 0 spiro atoms. The van der Waals surface area contributed by atoms with Crippen LogP contribution in [0.2, 0.25) is 0 Å². The molecule has 0 unspecified atom stereocenters. The Balaban J connectivity index is 1.87. The van der Waals surface area contributed by atoms with E-state index < -0.39 is 0 Å². The van der Waals surface area contributed by atoms with E-state index in [1.165, 1.54) is 49.7 Å². The molecule has 3 aromatic heterocycles. The molecule has 0 amide bonds. The maximum atomic E-state index is 4.35. The van der Waals surface area contributed by atoms with Gasteiger partial charge in [-0.3, -0.25) is 0 Å². The lowest BCUT2D eigenvalue weighted by Gasteiger charge is -2.10. The number of para-hydroxylation sites is 1. The number of aromatic nitrogens is 4. The maximum absolute atomic E-state index is 4.35. The largest absolute Gasteiger partial charge is 0.341 e. The van der Waals surface area contributed by atoms with Crippen molar-refractivity contribution in [3.63, 3.8) is 0 Å². The van der Waals surface area contributed by atoms with E-state index in [0.29, 0.717) is 0 Å². The molecule has 0 bridgehead atoms. The summed E-state index contributed by atoms with van der Waals surface area (Å²) in [5, 5.41) is 13.8. The first-order chi connectivity index (χ1) is 13.5. The number of rotatable bonds is 2. The number of benzene rings is 2. The van der Waals surface area contributed by atoms with Crippen molar-refractivity contribution < 1.29 is 0 Å². The summed E-state index contributed by atoms with van der Waals surface area (Å²) in [6, 6.07) is 15.5. The fourth-order valence-electron chi connectivity index (χ4n) is 4.88. The molecule has 3 heterocycles. The van der Waals surface area contributed by atoms with Gasteiger partial charge in [0, 0.05) is 56.2 Å². The van der Waals surface area contributed by atoms with Gasteiger partial charge in [-0.15, -0.1) is 0 Å². The summed E-state index contributed by atoms with van der Waals surface area (Å²) in [6.07, 6.45) is 0.